The molecule has 0 bridgehead atoms. The minimum Gasteiger partial charge on any atom is -0.307 e. The SMILES string of the molecule is CCCNC(Cc1ccc(C(F)(F)F)cc1)c1ncn[nH]1. The Morgan fingerprint density at radius 3 is 2.48 bits per heavy atom. The summed E-state index contributed by atoms with van der Waals surface area (Å²) in [6.45, 7) is 2.84. The number of nitrogens with zero attached hydrogens (tertiary/aromatic N) is 2. The highest BCUT2D eigenvalue weighted by atomic mass is 19.4. The van der Waals surface area contributed by atoms with Gasteiger partial charge in [0.25, 0.3) is 0 Å². The van der Waals surface area contributed by atoms with Crippen LogP contribution in [0.15, 0.2) is 30.6 Å². The fraction of sp³-hybridized carbons (Fsp3) is 0.429. The number of halogens is 3. The molecule has 2 N–H and O–H groups in total. The molecule has 2 rings (SSSR count). The summed E-state index contributed by atoms with van der Waals surface area (Å²) in [5.41, 5.74) is 0.178. The van der Waals surface area contributed by atoms with Gasteiger partial charge in [-0.2, -0.15) is 18.3 Å². The van der Waals surface area contributed by atoms with Crippen LogP contribution >= 0.6 is 0 Å². The monoisotopic (exact) mass is 298 g/mol. The number of benzene rings is 1. The third kappa shape index (κ3) is 4.29. The van der Waals surface area contributed by atoms with Crippen LogP contribution in [0, 0.1) is 0 Å². The highest BCUT2D eigenvalue weighted by molar-refractivity contribution is 5.25. The molecule has 0 saturated carbocycles. The van der Waals surface area contributed by atoms with Crippen molar-refractivity contribution in [1.82, 2.24) is 20.5 Å². The smallest absolute Gasteiger partial charge is 0.307 e. The Morgan fingerprint density at radius 2 is 1.95 bits per heavy atom. The van der Waals surface area contributed by atoms with Crippen molar-refractivity contribution in [2.24, 2.45) is 0 Å². The minimum atomic E-state index is -4.30. The molecule has 0 aliphatic heterocycles. The summed E-state index contributed by atoms with van der Waals surface area (Å²) in [5.74, 6) is 0.684. The van der Waals surface area contributed by atoms with Crippen LogP contribution in [0.2, 0.25) is 0 Å². The molecule has 1 unspecified atom stereocenters. The van der Waals surface area contributed by atoms with E-state index in [0.717, 1.165) is 30.7 Å². The van der Waals surface area contributed by atoms with Gasteiger partial charge in [0.05, 0.1) is 11.6 Å². The van der Waals surface area contributed by atoms with Gasteiger partial charge in [0.1, 0.15) is 12.2 Å². The lowest BCUT2D eigenvalue weighted by Crippen LogP contribution is -2.25. The third-order valence-corrected chi connectivity index (χ3v) is 3.13. The van der Waals surface area contributed by atoms with Gasteiger partial charge in [-0.1, -0.05) is 19.1 Å². The van der Waals surface area contributed by atoms with Crippen LogP contribution in [-0.2, 0) is 12.6 Å². The van der Waals surface area contributed by atoms with E-state index in [1.54, 1.807) is 0 Å². The summed E-state index contributed by atoms with van der Waals surface area (Å²) >= 11 is 0. The number of hydrogen-bond donors (Lipinski definition) is 2. The van der Waals surface area contributed by atoms with Crippen molar-refractivity contribution in [1.29, 1.82) is 0 Å². The van der Waals surface area contributed by atoms with Gasteiger partial charge in [-0.3, -0.25) is 5.10 Å². The lowest BCUT2D eigenvalue weighted by molar-refractivity contribution is -0.137. The molecule has 0 radical (unpaired) electrons. The zero-order chi connectivity index (χ0) is 15.3. The number of aromatic nitrogens is 3. The van der Waals surface area contributed by atoms with Gasteiger partial charge in [0.2, 0.25) is 0 Å². The molecule has 7 heteroatoms. The topological polar surface area (TPSA) is 53.6 Å². The quantitative estimate of drug-likeness (QED) is 0.861. The van der Waals surface area contributed by atoms with Crippen molar-refractivity contribution >= 4 is 0 Å². The van der Waals surface area contributed by atoms with Crippen molar-refractivity contribution in [3.63, 3.8) is 0 Å². The lowest BCUT2D eigenvalue weighted by Gasteiger charge is -2.16. The van der Waals surface area contributed by atoms with Crippen molar-refractivity contribution in [3.05, 3.63) is 47.5 Å². The zero-order valence-corrected chi connectivity index (χ0v) is 11.6. The Balaban J connectivity index is 2.09. The molecular weight excluding hydrogens is 281 g/mol. The van der Waals surface area contributed by atoms with Gasteiger partial charge in [-0.25, -0.2) is 4.98 Å². The van der Waals surface area contributed by atoms with Gasteiger partial charge >= 0.3 is 6.18 Å². The predicted molar refractivity (Wildman–Crippen MR) is 72.6 cm³/mol. The van der Waals surface area contributed by atoms with Crippen molar-refractivity contribution in [3.8, 4) is 0 Å². The molecule has 0 saturated heterocycles. The summed E-state index contributed by atoms with van der Waals surface area (Å²) in [6.07, 6.45) is -1.38. The number of alkyl halides is 3. The van der Waals surface area contributed by atoms with Crippen molar-refractivity contribution in [2.45, 2.75) is 32.0 Å². The average molecular weight is 298 g/mol. The zero-order valence-electron chi connectivity index (χ0n) is 11.6. The van der Waals surface area contributed by atoms with Crippen LogP contribution in [0.5, 0.6) is 0 Å². The molecule has 0 amide bonds. The molecule has 1 aromatic heterocycles. The van der Waals surface area contributed by atoms with Crippen LogP contribution < -0.4 is 5.32 Å². The van der Waals surface area contributed by atoms with Crippen LogP contribution in [-0.4, -0.2) is 21.7 Å². The molecule has 1 heterocycles. The van der Waals surface area contributed by atoms with Crippen molar-refractivity contribution in [2.75, 3.05) is 6.54 Å². The Bertz CT molecular complexity index is 534. The molecule has 4 nitrogen and oxygen atoms in total. The molecule has 0 aliphatic rings. The maximum Gasteiger partial charge on any atom is 0.416 e. The van der Waals surface area contributed by atoms with Gasteiger partial charge in [-0.15, -0.1) is 0 Å². The molecule has 1 aromatic carbocycles. The van der Waals surface area contributed by atoms with E-state index in [-0.39, 0.29) is 6.04 Å². The minimum absolute atomic E-state index is 0.0933. The summed E-state index contributed by atoms with van der Waals surface area (Å²) in [5, 5.41) is 9.92. The summed E-state index contributed by atoms with van der Waals surface area (Å²) in [4.78, 5) is 4.11. The highest BCUT2D eigenvalue weighted by Gasteiger charge is 2.30. The molecule has 1 atom stereocenters. The largest absolute Gasteiger partial charge is 0.416 e. The molecule has 21 heavy (non-hydrogen) atoms. The van der Waals surface area contributed by atoms with Gasteiger partial charge in [0.15, 0.2) is 0 Å². The summed E-state index contributed by atoms with van der Waals surface area (Å²) in [6, 6.07) is 5.11. The van der Waals surface area contributed by atoms with E-state index in [4.69, 9.17) is 0 Å². The van der Waals surface area contributed by atoms with Crippen molar-refractivity contribution < 1.29 is 13.2 Å². The van der Waals surface area contributed by atoms with Gasteiger partial charge in [0, 0.05) is 0 Å². The summed E-state index contributed by atoms with van der Waals surface area (Å²) < 4.78 is 37.6. The molecule has 0 fully saturated rings. The van der Waals surface area contributed by atoms with E-state index in [0.29, 0.717) is 12.2 Å². The predicted octanol–water partition coefficient (Wildman–Crippen LogP) is 3.11. The average Bonchev–Trinajstić information content (AvgIpc) is 2.97. The van der Waals surface area contributed by atoms with E-state index in [2.05, 4.69) is 20.5 Å². The number of rotatable bonds is 6. The van der Waals surface area contributed by atoms with E-state index in [1.807, 2.05) is 6.92 Å². The number of nitrogens with one attached hydrogen (secondary N) is 2. The van der Waals surface area contributed by atoms with E-state index < -0.39 is 11.7 Å². The Kier molecular flexibility index (Phi) is 4.95. The maximum absolute atomic E-state index is 12.5. The standard InChI is InChI=1S/C14H17F3N4/c1-2-7-18-12(13-19-9-20-21-13)8-10-3-5-11(6-4-10)14(15,16)17/h3-6,9,12,18H,2,7-8H2,1H3,(H,19,20,21). The van der Waals surface area contributed by atoms with Crippen LogP contribution in [0.25, 0.3) is 0 Å². The van der Waals surface area contributed by atoms with Gasteiger partial charge in [-0.05, 0) is 37.1 Å². The van der Waals surface area contributed by atoms with Gasteiger partial charge < -0.3 is 5.32 Å². The second kappa shape index (κ2) is 6.71. The first-order valence-corrected chi connectivity index (χ1v) is 6.75. The molecule has 0 spiro atoms. The number of aromatic amines is 1. The van der Waals surface area contributed by atoms with Crippen LogP contribution in [0.3, 0.4) is 0 Å². The fourth-order valence-electron chi connectivity index (χ4n) is 2.03. The second-order valence-corrected chi connectivity index (χ2v) is 4.78. The first kappa shape index (κ1) is 15.5. The maximum atomic E-state index is 12.5. The first-order valence-electron chi connectivity index (χ1n) is 6.75. The van der Waals surface area contributed by atoms with E-state index in [1.165, 1.54) is 18.5 Å². The Hall–Kier alpha value is -1.89. The van der Waals surface area contributed by atoms with Crippen LogP contribution in [0.1, 0.15) is 36.3 Å². The second-order valence-electron chi connectivity index (χ2n) is 4.78. The lowest BCUT2D eigenvalue weighted by atomic mass is 10.0. The Morgan fingerprint density at radius 1 is 1.24 bits per heavy atom. The summed E-state index contributed by atoms with van der Waals surface area (Å²) in [7, 11) is 0. The highest BCUT2D eigenvalue weighted by Crippen LogP contribution is 2.29. The molecular formula is C14H17F3N4. The third-order valence-electron chi connectivity index (χ3n) is 3.13. The molecule has 114 valence electrons. The number of hydrogen-bond acceptors (Lipinski definition) is 3. The normalized spacial score (nSPS) is 13.3. The molecule has 2 aromatic rings. The fourth-order valence-corrected chi connectivity index (χ4v) is 2.03. The van der Waals surface area contributed by atoms with Crippen LogP contribution in [0.4, 0.5) is 13.2 Å². The molecule has 0 aliphatic carbocycles. The Labute approximate surface area is 120 Å². The van der Waals surface area contributed by atoms with E-state index in [9.17, 15) is 13.2 Å². The first-order chi connectivity index (χ1) is 10.0. The number of H-pyrrole nitrogens is 1. The van der Waals surface area contributed by atoms with E-state index >= 15 is 0 Å².